The Hall–Kier alpha value is -5.87. The van der Waals surface area contributed by atoms with E-state index in [4.69, 9.17) is 4.74 Å². The number of nitro groups is 1. The molecular weight excluding hydrogens is 648 g/mol. The Labute approximate surface area is 279 Å². The smallest absolute Gasteiger partial charge is 0.339 e. The number of ether oxygens (including phenoxy) is 1. The molecule has 0 aliphatic carbocycles. The second-order valence-corrected chi connectivity index (χ2v) is 11.5. The minimum atomic E-state index is -1.62. The van der Waals surface area contributed by atoms with Gasteiger partial charge in [0.1, 0.15) is 18.1 Å². The number of carbonyl (C=O) groups is 7. The molecule has 0 aromatic heterocycles. The monoisotopic (exact) mass is 684 g/mol. The number of aromatic hydroxyl groups is 1. The molecule has 0 spiro atoms. The highest BCUT2D eigenvalue weighted by molar-refractivity contribution is 5.98. The van der Waals surface area contributed by atoms with Crippen LogP contribution in [0.5, 0.6) is 5.75 Å². The van der Waals surface area contributed by atoms with Crippen LogP contribution in [0.4, 0.5) is 5.69 Å². The number of phenolic OH excluding ortho intramolecular Hbond substituents is 1. The van der Waals surface area contributed by atoms with Crippen LogP contribution in [0, 0.1) is 24.0 Å². The van der Waals surface area contributed by atoms with E-state index in [1.54, 1.807) is 32.0 Å². The van der Waals surface area contributed by atoms with Gasteiger partial charge in [0.05, 0.1) is 23.3 Å². The predicted molar refractivity (Wildman–Crippen MR) is 167 cm³/mol. The number of carbonyl (C=O) groups excluding carboxylic acids is 5. The van der Waals surface area contributed by atoms with Gasteiger partial charge in [0, 0.05) is 19.0 Å². The number of nitrogens with one attached hydrogen (secondary N) is 2. The number of likely N-dealkylation sites (tertiary alicyclic amines) is 1. The molecule has 0 bridgehead atoms. The number of rotatable bonds is 16. The third kappa shape index (κ3) is 10.3. The van der Waals surface area contributed by atoms with E-state index in [-0.39, 0.29) is 30.5 Å². The van der Waals surface area contributed by atoms with E-state index >= 15 is 0 Å². The average molecular weight is 685 g/mol. The van der Waals surface area contributed by atoms with Gasteiger partial charge < -0.3 is 35.6 Å². The van der Waals surface area contributed by atoms with Gasteiger partial charge >= 0.3 is 23.6 Å². The molecule has 0 saturated carbocycles. The topological polar surface area (TPSA) is 260 Å². The van der Waals surface area contributed by atoms with Gasteiger partial charge in [0.15, 0.2) is 18.1 Å². The maximum absolute atomic E-state index is 13.6. The largest absolute Gasteiger partial charge is 0.502 e. The Balaban J connectivity index is 1.72. The van der Waals surface area contributed by atoms with Crippen molar-refractivity contribution in [1.82, 2.24) is 15.5 Å². The molecule has 1 saturated heterocycles. The Morgan fingerprint density at radius 1 is 1.00 bits per heavy atom. The second kappa shape index (κ2) is 16.8. The number of amides is 3. The number of esters is 1. The highest BCUT2D eigenvalue weighted by atomic mass is 16.6. The summed E-state index contributed by atoms with van der Waals surface area (Å²) in [6.07, 6.45) is -1.81. The number of aliphatic carboxylic acids is 2. The lowest BCUT2D eigenvalue weighted by Crippen LogP contribution is -2.56. The highest BCUT2D eigenvalue weighted by Crippen LogP contribution is 2.26. The molecular formula is C32H36N4O13. The number of phenols is 1. The third-order valence-electron chi connectivity index (χ3n) is 7.83. The number of carboxylic acids is 2. The third-order valence-corrected chi connectivity index (χ3v) is 7.83. The first-order chi connectivity index (χ1) is 23.1. The minimum Gasteiger partial charge on any atom is -0.502 e. The molecule has 49 heavy (non-hydrogen) atoms. The molecule has 3 amide bonds. The van der Waals surface area contributed by atoms with Crippen molar-refractivity contribution in [3.05, 3.63) is 68.8 Å². The zero-order chi connectivity index (χ0) is 36.4. The molecule has 262 valence electrons. The first-order valence-corrected chi connectivity index (χ1v) is 15.1. The predicted octanol–water partition coefficient (Wildman–Crippen LogP) is 1.19. The number of ketones is 1. The van der Waals surface area contributed by atoms with Crippen LogP contribution in [0.25, 0.3) is 0 Å². The van der Waals surface area contributed by atoms with Crippen LogP contribution in [-0.2, 0) is 39.9 Å². The molecule has 1 fully saturated rings. The fraction of sp³-hybridized carbons (Fsp3) is 0.406. The highest BCUT2D eigenvalue weighted by Gasteiger charge is 2.39. The van der Waals surface area contributed by atoms with Crippen LogP contribution in [0.2, 0.25) is 0 Å². The standard InChI is InChI=1S/C32H36N4O13/c1-17-5-3-6-18(2)29(17)32(46)49-16-25(38)21(15-28(42)43)34-30(44)22-7-4-12-35(22)31(45)20(9-11-27(40)41)33-26(39)14-19-8-10-24(37)23(13-19)36(47)48/h3,5-6,8,10,13,20-22,37H,4,7,9,11-12,14-16H2,1-2H3,(H,33,39)(H,34,44)(H,40,41)(H,42,43)/t20-,21+,22?/m1/s1. The Morgan fingerprint density at radius 3 is 2.29 bits per heavy atom. The molecule has 3 rings (SSSR count). The van der Waals surface area contributed by atoms with E-state index in [1.807, 2.05) is 0 Å². The molecule has 1 aliphatic heterocycles. The molecule has 1 unspecified atom stereocenters. The number of Topliss-reactive ketones (excluding diaryl/α,β-unsaturated/α-hetero) is 1. The second-order valence-electron chi connectivity index (χ2n) is 11.5. The summed E-state index contributed by atoms with van der Waals surface area (Å²) in [4.78, 5) is 99.7. The molecule has 17 nitrogen and oxygen atoms in total. The van der Waals surface area contributed by atoms with E-state index in [0.29, 0.717) is 17.5 Å². The first-order valence-electron chi connectivity index (χ1n) is 15.1. The molecule has 3 atom stereocenters. The first kappa shape index (κ1) is 37.6. The maximum atomic E-state index is 13.6. The number of aryl methyl sites for hydroxylation is 2. The Kier molecular flexibility index (Phi) is 12.9. The lowest BCUT2D eigenvalue weighted by Gasteiger charge is -2.29. The van der Waals surface area contributed by atoms with Gasteiger partial charge in [-0.2, -0.15) is 0 Å². The Morgan fingerprint density at radius 2 is 1.67 bits per heavy atom. The van der Waals surface area contributed by atoms with E-state index in [9.17, 15) is 59.0 Å². The zero-order valence-electron chi connectivity index (χ0n) is 26.7. The van der Waals surface area contributed by atoms with Crippen molar-refractivity contribution >= 4 is 47.1 Å². The van der Waals surface area contributed by atoms with Gasteiger partial charge in [-0.15, -0.1) is 0 Å². The van der Waals surface area contributed by atoms with Gasteiger partial charge in [-0.3, -0.25) is 38.9 Å². The fourth-order valence-corrected chi connectivity index (χ4v) is 5.42. The van der Waals surface area contributed by atoms with Crippen LogP contribution in [0.15, 0.2) is 36.4 Å². The van der Waals surface area contributed by atoms with E-state index < -0.39 is 102 Å². The lowest BCUT2D eigenvalue weighted by molar-refractivity contribution is -0.385. The molecule has 1 heterocycles. The van der Waals surface area contributed by atoms with Crippen molar-refractivity contribution in [3.8, 4) is 5.75 Å². The molecule has 2 aromatic carbocycles. The van der Waals surface area contributed by atoms with Gasteiger partial charge in [-0.05, 0) is 55.9 Å². The van der Waals surface area contributed by atoms with Crippen molar-refractivity contribution in [3.63, 3.8) is 0 Å². The molecule has 2 aromatic rings. The molecule has 0 radical (unpaired) electrons. The van der Waals surface area contributed by atoms with E-state index in [0.717, 1.165) is 17.0 Å². The van der Waals surface area contributed by atoms with Crippen molar-refractivity contribution in [1.29, 1.82) is 0 Å². The number of benzene rings is 2. The number of nitrogens with zero attached hydrogens (tertiary/aromatic N) is 2. The summed E-state index contributed by atoms with van der Waals surface area (Å²) in [5, 5.41) is 44.2. The van der Waals surface area contributed by atoms with Gasteiger partial charge in [-0.1, -0.05) is 24.3 Å². The van der Waals surface area contributed by atoms with E-state index in [2.05, 4.69) is 10.6 Å². The summed E-state index contributed by atoms with van der Waals surface area (Å²) in [6.45, 7) is 2.53. The number of nitro benzene ring substituents is 1. The zero-order valence-corrected chi connectivity index (χ0v) is 26.7. The molecule has 1 aliphatic rings. The summed E-state index contributed by atoms with van der Waals surface area (Å²) in [7, 11) is 0. The summed E-state index contributed by atoms with van der Waals surface area (Å²) in [6, 6.07) is 4.09. The summed E-state index contributed by atoms with van der Waals surface area (Å²) < 4.78 is 5.13. The fourth-order valence-electron chi connectivity index (χ4n) is 5.42. The maximum Gasteiger partial charge on any atom is 0.339 e. The van der Waals surface area contributed by atoms with Crippen LogP contribution in [-0.4, -0.2) is 97.8 Å². The van der Waals surface area contributed by atoms with E-state index in [1.165, 1.54) is 6.07 Å². The number of hydrogen-bond donors (Lipinski definition) is 5. The molecule has 17 heteroatoms. The van der Waals surface area contributed by atoms with Crippen molar-refractivity contribution < 1.29 is 58.5 Å². The number of carboxylic acid groups (broad SMARTS) is 2. The van der Waals surface area contributed by atoms with Gasteiger partial charge in [0.25, 0.3) is 0 Å². The van der Waals surface area contributed by atoms with Crippen LogP contribution in [0.3, 0.4) is 0 Å². The summed E-state index contributed by atoms with van der Waals surface area (Å²) in [5.41, 5.74) is 0.915. The number of hydrogen-bond acceptors (Lipinski definition) is 11. The van der Waals surface area contributed by atoms with Gasteiger partial charge in [-0.25, -0.2) is 4.79 Å². The van der Waals surface area contributed by atoms with Gasteiger partial charge in [0.2, 0.25) is 17.7 Å². The van der Waals surface area contributed by atoms with Crippen molar-refractivity contribution in [2.75, 3.05) is 13.2 Å². The van der Waals surface area contributed by atoms with Crippen LogP contribution >= 0.6 is 0 Å². The minimum absolute atomic E-state index is 0.0193. The van der Waals surface area contributed by atoms with Crippen molar-refractivity contribution in [2.45, 2.75) is 70.5 Å². The average Bonchev–Trinajstić information content (AvgIpc) is 3.52. The quantitative estimate of drug-likeness (QED) is 0.0946. The van der Waals surface area contributed by atoms with Crippen LogP contribution < -0.4 is 10.6 Å². The van der Waals surface area contributed by atoms with Crippen molar-refractivity contribution in [2.24, 2.45) is 0 Å². The lowest BCUT2D eigenvalue weighted by atomic mass is 10.0. The normalized spacial score (nSPS) is 15.1. The van der Waals surface area contributed by atoms with Crippen LogP contribution in [0.1, 0.15) is 59.2 Å². The summed E-state index contributed by atoms with van der Waals surface area (Å²) >= 11 is 0. The molecule has 5 N–H and O–H groups in total. The Bertz CT molecular complexity index is 1640. The SMILES string of the molecule is Cc1cccc(C)c1C(=O)OCC(=O)[C@H](CC(=O)O)NC(=O)C1CCCN1C(=O)[C@@H](CCC(=O)O)NC(=O)Cc1ccc(O)c([N+](=O)[O-])c1. The summed E-state index contributed by atoms with van der Waals surface area (Å²) in [5.74, 6) is -7.54.